The number of ether oxygens (including phenoxy) is 1. The van der Waals surface area contributed by atoms with E-state index < -0.39 is 0 Å². The number of morpholine rings is 1. The van der Waals surface area contributed by atoms with Crippen LogP contribution in [0.5, 0.6) is 0 Å². The fraction of sp³-hybridized carbons (Fsp3) is 0.500. The third-order valence-corrected chi connectivity index (χ3v) is 4.17. The van der Waals surface area contributed by atoms with Crippen LogP contribution in [0.25, 0.3) is 10.9 Å². The molecule has 0 saturated carbocycles. The summed E-state index contributed by atoms with van der Waals surface area (Å²) < 4.78 is 7.75. The maximum atomic E-state index is 6.18. The molecule has 2 aromatic rings. The van der Waals surface area contributed by atoms with E-state index in [9.17, 15) is 0 Å². The van der Waals surface area contributed by atoms with Gasteiger partial charge in [-0.1, -0.05) is 11.6 Å². The van der Waals surface area contributed by atoms with E-state index in [4.69, 9.17) is 16.3 Å². The van der Waals surface area contributed by atoms with Crippen molar-refractivity contribution in [1.82, 2.24) is 9.47 Å². The molecule has 1 aromatic carbocycles. The van der Waals surface area contributed by atoms with E-state index in [1.807, 2.05) is 6.07 Å². The molecule has 0 radical (unpaired) electrons. The van der Waals surface area contributed by atoms with Crippen molar-refractivity contribution in [3.05, 3.63) is 35.0 Å². The lowest BCUT2D eigenvalue weighted by atomic mass is 10.1. The van der Waals surface area contributed by atoms with Gasteiger partial charge in [-0.25, -0.2) is 0 Å². The van der Waals surface area contributed by atoms with Crippen molar-refractivity contribution in [3.63, 3.8) is 0 Å². The summed E-state index contributed by atoms with van der Waals surface area (Å²) in [6, 6.07) is 6.64. The highest BCUT2D eigenvalue weighted by Gasteiger charge is 2.16. The molecule has 0 N–H and O–H groups in total. The maximum Gasteiger partial charge on any atom is 0.0594 e. The third-order valence-electron chi connectivity index (χ3n) is 3.93. The number of halogens is 1. The van der Waals surface area contributed by atoms with Gasteiger partial charge >= 0.3 is 0 Å². The summed E-state index contributed by atoms with van der Waals surface area (Å²) in [5.74, 6) is 0. The van der Waals surface area contributed by atoms with E-state index in [0.29, 0.717) is 6.04 Å². The molecular formula is C16H21ClN2O. The number of hydrogen-bond donors (Lipinski definition) is 0. The lowest BCUT2D eigenvalue weighted by molar-refractivity contribution is 0.0343. The Kier molecular flexibility index (Phi) is 4.01. The van der Waals surface area contributed by atoms with Crippen molar-refractivity contribution in [2.24, 2.45) is 0 Å². The molecule has 1 aliphatic heterocycles. The Labute approximate surface area is 125 Å². The summed E-state index contributed by atoms with van der Waals surface area (Å²) in [6.07, 6.45) is 2.28. The highest BCUT2D eigenvalue weighted by atomic mass is 35.5. The molecule has 3 nitrogen and oxygen atoms in total. The molecule has 1 fully saturated rings. The molecule has 0 unspecified atom stereocenters. The minimum atomic E-state index is 0.456. The first kappa shape index (κ1) is 13.9. The van der Waals surface area contributed by atoms with E-state index in [1.54, 1.807) is 0 Å². The van der Waals surface area contributed by atoms with Crippen LogP contribution >= 0.6 is 11.6 Å². The highest BCUT2D eigenvalue weighted by Crippen LogP contribution is 2.28. The molecular weight excluding hydrogens is 272 g/mol. The highest BCUT2D eigenvalue weighted by molar-refractivity contribution is 6.31. The van der Waals surface area contributed by atoms with E-state index >= 15 is 0 Å². The molecule has 0 atom stereocenters. The second-order valence-electron chi connectivity index (χ2n) is 5.71. The minimum Gasteiger partial charge on any atom is -0.379 e. The summed E-state index contributed by atoms with van der Waals surface area (Å²) in [6.45, 7) is 9.09. The molecule has 20 heavy (non-hydrogen) atoms. The van der Waals surface area contributed by atoms with Crippen LogP contribution in [0.1, 0.15) is 25.5 Å². The molecule has 2 heterocycles. The molecule has 0 aliphatic carbocycles. The van der Waals surface area contributed by atoms with Crippen molar-refractivity contribution in [3.8, 4) is 0 Å². The Morgan fingerprint density at radius 1 is 1.25 bits per heavy atom. The Morgan fingerprint density at radius 3 is 2.70 bits per heavy atom. The predicted molar refractivity (Wildman–Crippen MR) is 83.4 cm³/mol. The third kappa shape index (κ3) is 2.71. The molecule has 0 bridgehead atoms. The molecule has 1 aliphatic rings. The summed E-state index contributed by atoms with van der Waals surface area (Å²) in [7, 11) is 0. The van der Waals surface area contributed by atoms with E-state index in [2.05, 4.69) is 41.6 Å². The van der Waals surface area contributed by atoms with E-state index in [0.717, 1.165) is 37.9 Å². The molecule has 108 valence electrons. The van der Waals surface area contributed by atoms with Gasteiger partial charge in [-0.05, 0) is 37.6 Å². The van der Waals surface area contributed by atoms with Crippen molar-refractivity contribution in [2.75, 3.05) is 26.3 Å². The van der Waals surface area contributed by atoms with Gasteiger partial charge in [0.25, 0.3) is 0 Å². The second-order valence-corrected chi connectivity index (χ2v) is 6.14. The standard InChI is InChI=1S/C16H21ClN2O/c1-12(2)19-11-13(10-18-5-7-20-8-6-18)15-9-14(17)3-4-16(15)19/h3-4,9,11-12H,5-8,10H2,1-2H3. The van der Waals surface area contributed by atoms with Gasteiger partial charge in [0.05, 0.1) is 13.2 Å². The lowest BCUT2D eigenvalue weighted by Crippen LogP contribution is -2.35. The summed E-state index contributed by atoms with van der Waals surface area (Å²) >= 11 is 6.18. The fourth-order valence-corrected chi connectivity index (χ4v) is 3.02. The fourth-order valence-electron chi connectivity index (χ4n) is 2.85. The van der Waals surface area contributed by atoms with Crippen LogP contribution in [0.2, 0.25) is 5.02 Å². The number of fused-ring (bicyclic) bond motifs is 1. The molecule has 0 amide bonds. The van der Waals surface area contributed by atoms with E-state index in [1.165, 1.54) is 16.5 Å². The number of hydrogen-bond acceptors (Lipinski definition) is 2. The van der Waals surface area contributed by atoms with Crippen molar-refractivity contribution < 1.29 is 4.74 Å². The number of nitrogens with zero attached hydrogens (tertiary/aromatic N) is 2. The molecule has 1 aromatic heterocycles. The van der Waals surface area contributed by atoms with Crippen LogP contribution in [0.4, 0.5) is 0 Å². The van der Waals surface area contributed by atoms with Gasteiger partial charge < -0.3 is 9.30 Å². The Balaban J connectivity index is 1.98. The smallest absolute Gasteiger partial charge is 0.0594 e. The Hall–Kier alpha value is -1.03. The quantitative estimate of drug-likeness (QED) is 0.858. The first-order valence-electron chi connectivity index (χ1n) is 7.24. The van der Waals surface area contributed by atoms with Crippen LogP contribution in [0, 0.1) is 0 Å². The molecule has 0 spiro atoms. The van der Waals surface area contributed by atoms with Gasteiger partial charge in [0.2, 0.25) is 0 Å². The monoisotopic (exact) mass is 292 g/mol. The van der Waals surface area contributed by atoms with Gasteiger partial charge in [0.1, 0.15) is 0 Å². The van der Waals surface area contributed by atoms with Gasteiger partial charge in [-0.15, -0.1) is 0 Å². The average molecular weight is 293 g/mol. The number of benzene rings is 1. The second kappa shape index (κ2) is 5.76. The zero-order valence-electron chi connectivity index (χ0n) is 12.1. The van der Waals surface area contributed by atoms with Gasteiger partial charge in [0.15, 0.2) is 0 Å². The van der Waals surface area contributed by atoms with Crippen molar-refractivity contribution >= 4 is 22.5 Å². The summed E-state index contributed by atoms with van der Waals surface area (Å²) in [4.78, 5) is 2.45. The Bertz CT molecular complexity index is 600. The van der Waals surface area contributed by atoms with E-state index in [-0.39, 0.29) is 0 Å². The SMILES string of the molecule is CC(C)n1cc(CN2CCOCC2)c2cc(Cl)ccc21. The molecule has 3 rings (SSSR count). The van der Waals surface area contributed by atoms with Gasteiger partial charge in [-0.3, -0.25) is 4.90 Å². The zero-order chi connectivity index (χ0) is 14.1. The van der Waals surface area contributed by atoms with Crippen LogP contribution in [0.3, 0.4) is 0 Å². The first-order valence-corrected chi connectivity index (χ1v) is 7.62. The van der Waals surface area contributed by atoms with Gasteiger partial charge in [0, 0.05) is 47.8 Å². The van der Waals surface area contributed by atoms with Crippen LogP contribution < -0.4 is 0 Å². The van der Waals surface area contributed by atoms with Crippen molar-refractivity contribution in [1.29, 1.82) is 0 Å². The minimum absolute atomic E-state index is 0.456. The van der Waals surface area contributed by atoms with Crippen LogP contribution in [-0.2, 0) is 11.3 Å². The molecule has 1 saturated heterocycles. The largest absolute Gasteiger partial charge is 0.379 e. The number of rotatable bonds is 3. The van der Waals surface area contributed by atoms with Crippen LogP contribution in [0.15, 0.2) is 24.4 Å². The average Bonchev–Trinajstić information content (AvgIpc) is 2.78. The van der Waals surface area contributed by atoms with Crippen molar-refractivity contribution in [2.45, 2.75) is 26.4 Å². The summed E-state index contributed by atoms with van der Waals surface area (Å²) in [5, 5.41) is 2.08. The summed E-state index contributed by atoms with van der Waals surface area (Å²) in [5.41, 5.74) is 2.63. The van der Waals surface area contributed by atoms with Gasteiger partial charge in [-0.2, -0.15) is 0 Å². The topological polar surface area (TPSA) is 17.4 Å². The lowest BCUT2D eigenvalue weighted by Gasteiger charge is -2.26. The Morgan fingerprint density at radius 2 is 2.00 bits per heavy atom. The number of aromatic nitrogens is 1. The predicted octanol–water partition coefficient (Wildman–Crippen LogP) is 3.71. The van der Waals surface area contributed by atoms with Crippen LogP contribution in [-0.4, -0.2) is 35.8 Å². The molecule has 4 heteroatoms. The zero-order valence-corrected chi connectivity index (χ0v) is 12.9. The first-order chi connectivity index (χ1) is 9.65. The normalized spacial score (nSPS) is 17.2. The maximum absolute atomic E-state index is 6.18.